The first kappa shape index (κ1) is 18.9. The standard InChI is InChI=1S/C19H22ClNO4/c1-11-6-7-16(12(2)8-11)25-13(3)19(22)21-15-10-17(23-4)14(20)9-18(15)24-5/h6-10,13H,1-5H3,(H,21,22)/t13-/m1/s1. The summed E-state index contributed by atoms with van der Waals surface area (Å²) in [6, 6.07) is 9.02. The maximum Gasteiger partial charge on any atom is 0.265 e. The Bertz CT molecular complexity index is 776. The van der Waals surface area contributed by atoms with Gasteiger partial charge in [0.2, 0.25) is 0 Å². The lowest BCUT2D eigenvalue weighted by atomic mass is 10.1. The number of hydrogen-bond acceptors (Lipinski definition) is 4. The number of methoxy groups -OCH3 is 2. The van der Waals surface area contributed by atoms with Gasteiger partial charge in [0, 0.05) is 12.1 Å². The quantitative estimate of drug-likeness (QED) is 0.827. The van der Waals surface area contributed by atoms with Crippen LogP contribution in [0.5, 0.6) is 17.2 Å². The summed E-state index contributed by atoms with van der Waals surface area (Å²) in [5, 5.41) is 3.19. The van der Waals surface area contributed by atoms with E-state index in [4.69, 9.17) is 25.8 Å². The highest BCUT2D eigenvalue weighted by molar-refractivity contribution is 6.32. The van der Waals surface area contributed by atoms with Crippen molar-refractivity contribution in [2.24, 2.45) is 0 Å². The molecule has 0 saturated carbocycles. The fourth-order valence-corrected chi connectivity index (χ4v) is 2.60. The minimum Gasteiger partial charge on any atom is -0.495 e. The van der Waals surface area contributed by atoms with Crippen LogP contribution in [0.15, 0.2) is 30.3 Å². The molecule has 0 radical (unpaired) electrons. The highest BCUT2D eigenvalue weighted by atomic mass is 35.5. The van der Waals surface area contributed by atoms with E-state index in [0.717, 1.165) is 11.1 Å². The smallest absolute Gasteiger partial charge is 0.265 e. The number of rotatable bonds is 6. The molecule has 134 valence electrons. The molecular formula is C19H22ClNO4. The Kier molecular flexibility index (Phi) is 6.15. The fraction of sp³-hybridized carbons (Fsp3) is 0.316. The maximum absolute atomic E-state index is 12.5. The van der Waals surface area contributed by atoms with Gasteiger partial charge >= 0.3 is 0 Å². The van der Waals surface area contributed by atoms with E-state index in [1.165, 1.54) is 14.2 Å². The predicted molar refractivity (Wildman–Crippen MR) is 99.2 cm³/mol. The monoisotopic (exact) mass is 363 g/mol. The summed E-state index contributed by atoms with van der Waals surface area (Å²) in [5.74, 6) is 1.26. The summed E-state index contributed by atoms with van der Waals surface area (Å²) in [7, 11) is 3.01. The van der Waals surface area contributed by atoms with Crippen molar-refractivity contribution >= 4 is 23.2 Å². The largest absolute Gasteiger partial charge is 0.495 e. The Morgan fingerprint density at radius 2 is 1.72 bits per heavy atom. The maximum atomic E-state index is 12.5. The first-order valence-corrected chi connectivity index (χ1v) is 8.19. The summed E-state index contributed by atoms with van der Waals surface area (Å²) < 4.78 is 16.2. The van der Waals surface area contributed by atoms with E-state index >= 15 is 0 Å². The van der Waals surface area contributed by atoms with Crippen molar-refractivity contribution in [1.29, 1.82) is 0 Å². The van der Waals surface area contributed by atoms with Crippen molar-refractivity contribution in [3.8, 4) is 17.2 Å². The molecule has 1 amide bonds. The van der Waals surface area contributed by atoms with Gasteiger partial charge in [0.1, 0.15) is 17.2 Å². The van der Waals surface area contributed by atoms with Gasteiger partial charge in [0.05, 0.1) is 24.9 Å². The van der Waals surface area contributed by atoms with Crippen LogP contribution in [0.1, 0.15) is 18.1 Å². The molecule has 0 aliphatic heterocycles. The average molecular weight is 364 g/mol. The lowest BCUT2D eigenvalue weighted by Gasteiger charge is -2.18. The minimum absolute atomic E-state index is 0.303. The molecule has 0 saturated heterocycles. The molecule has 5 nitrogen and oxygen atoms in total. The van der Waals surface area contributed by atoms with Gasteiger partial charge in [-0.15, -0.1) is 0 Å². The molecule has 0 fully saturated rings. The molecule has 0 heterocycles. The molecule has 6 heteroatoms. The number of hydrogen-bond donors (Lipinski definition) is 1. The van der Waals surface area contributed by atoms with Crippen LogP contribution in [0.2, 0.25) is 5.02 Å². The van der Waals surface area contributed by atoms with E-state index in [2.05, 4.69) is 5.32 Å². The van der Waals surface area contributed by atoms with Crippen LogP contribution in [0, 0.1) is 13.8 Å². The summed E-state index contributed by atoms with van der Waals surface area (Å²) in [4.78, 5) is 12.5. The van der Waals surface area contributed by atoms with Crippen molar-refractivity contribution in [2.45, 2.75) is 26.9 Å². The van der Waals surface area contributed by atoms with Gasteiger partial charge in [-0.3, -0.25) is 4.79 Å². The molecular weight excluding hydrogens is 342 g/mol. The van der Waals surface area contributed by atoms with Gasteiger partial charge in [-0.1, -0.05) is 29.3 Å². The Hall–Kier alpha value is -2.40. The van der Waals surface area contributed by atoms with Crippen LogP contribution in [-0.2, 0) is 4.79 Å². The molecule has 2 aromatic rings. The van der Waals surface area contributed by atoms with E-state index in [1.54, 1.807) is 19.1 Å². The van der Waals surface area contributed by atoms with Gasteiger partial charge in [0.15, 0.2) is 6.10 Å². The van der Waals surface area contributed by atoms with Gasteiger partial charge in [0.25, 0.3) is 5.91 Å². The van der Waals surface area contributed by atoms with Gasteiger partial charge < -0.3 is 19.5 Å². The van der Waals surface area contributed by atoms with Gasteiger partial charge in [-0.05, 0) is 32.4 Å². The number of ether oxygens (including phenoxy) is 3. The highest BCUT2D eigenvalue weighted by Crippen LogP contribution is 2.36. The third-order valence-corrected chi connectivity index (χ3v) is 4.03. The van der Waals surface area contributed by atoms with E-state index in [0.29, 0.717) is 28.0 Å². The molecule has 0 aliphatic rings. The lowest BCUT2D eigenvalue weighted by molar-refractivity contribution is -0.122. The third kappa shape index (κ3) is 4.57. The number of benzene rings is 2. The lowest BCUT2D eigenvalue weighted by Crippen LogP contribution is -2.30. The second-order valence-electron chi connectivity index (χ2n) is 5.71. The Balaban J connectivity index is 2.15. The zero-order valence-corrected chi connectivity index (χ0v) is 15.7. The Morgan fingerprint density at radius 1 is 1.04 bits per heavy atom. The van der Waals surface area contributed by atoms with Gasteiger partial charge in [-0.25, -0.2) is 0 Å². The molecule has 1 atom stereocenters. The summed E-state index contributed by atoms with van der Waals surface area (Å²) >= 11 is 6.07. The molecule has 0 aliphatic carbocycles. The van der Waals surface area contributed by atoms with E-state index < -0.39 is 6.10 Å². The van der Waals surface area contributed by atoms with Crippen LogP contribution < -0.4 is 19.5 Å². The van der Waals surface area contributed by atoms with E-state index in [-0.39, 0.29) is 5.91 Å². The Morgan fingerprint density at radius 3 is 2.32 bits per heavy atom. The molecule has 2 rings (SSSR count). The highest BCUT2D eigenvalue weighted by Gasteiger charge is 2.19. The molecule has 1 N–H and O–H groups in total. The summed E-state index contributed by atoms with van der Waals surface area (Å²) in [6.07, 6.45) is -0.687. The summed E-state index contributed by atoms with van der Waals surface area (Å²) in [6.45, 7) is 5.64. The first-order chi connectivity index (χ1) is 11.8. The fourth-order valence-electron chi connectivity index (χ4n) is 2.37. The van der Waals surface area contributed by atoms with E-state index in [1.807, 2.05) is 32.0 Å². The molecule has 0 spiro atoms. The molecule has 0 unspecified atom stereocenters. The van der Waals surface area contributed by atoms with Crippen LogP contribution in [0.25, 0.3) is 0 Å². The van der Waals surface area contributed by atoms with E-state index in [9.17, 15) is 4.79 Å². The number of anilines is 1. The Labute approximate surface area is 152 Å². The second-order valence-corrected chi connectivity index (χ2v) is 6.11. The first-order valence-electron chi connectivity index (χ1n) is 7.82. The minimum atomic E-state index is -0.687. The molecule has 2 aromatic carbocycles. The van der Waals surface area contributed by atoms with Crippen molar-refractivity contribution < 1.29 is 19.0 Å². The normalized spacial score (nSPS) is 11.6. The van der Waals surface area contributed by atoms with Crippen molar-refractivity contribution in [3.63, 3.8) is 0 Å². The zero-order chi connectivity index (χ0) is 18.6. The number of nitrogens with one attached hydrogen (secondary N) is 1. The topological polar surface area (TPSA) is 56.8 Å². The molecule has 0 aromatic heterocycles. The number of halogens is 1. The number of carbonyl (C=O) groups is 1. The van der Waals surface area contributed by atoms with Crippen molar-refractivity contribution in [3.05, 3.63) is 46.5 Å². The van der Waals surface area contributed by atoms with Crippen molar-refractivity contribution in [2.75, 3.05) is 19.5 Å². The van der Waals surface area contributed by atoms with Crippen molar-refractivity contribution in [1.82, 2.24) is 0 Å². The number of amides is 1. The third-order valence-electron chi connectivity index (χ3n) is 3.74. The van der Waals surface area contributed by atoms with Gasteiger partial charge in [-0.2, -0.15) is 0 Å². The zero-order valence-electron chi connectivity index (χ0n) is 15.0. The molecule has 0 bridgehead atoms. The summed E-state index contributed by atoms with van der Waals surface area (Å²) in [5.41, 5.74) is 2.58. The SMILES string of the molecule is COc1cc(NC(=O)[C@@H](C)Oc2ccc(C)cc2C)c(OC)cc1Cl. The van der Waals surface area contributed by atoms with Crippen LogP contribution >= 0.6 is 11.6 Å². The number of carbonyl (C=O) groups excluding carboxylic acids is 1. The molecule has 25 heavy (non-hydrogen) atoms. The van der Waals surface area contributed by atoms with Crippen LogP contribution in [0.3, 0.4) is 0 Å². The van der Waals surface area contributed by atoms with Crippen LogP contribution in [-0.4, -0.2) is 26.2 Å². The number of aryl methyl sites for hydroxylation is 2. The van der Waals surface area contributed by atoms with Crippen LogP contribution in [0.4, 0.5) is 5.69 Å². The predicted octanol–water partition coefficient (Wildman–Crippen LogP) is 4.38. The second kappa shape index (κ2) is 8.12. The average Bonchev–Trinajstić information content (AvgIpc) is 2.58.